The van der Waals surface area contributed by atoms with Gasteiger partial charge in [-0.05, 0) is 12.1 Å². The van der Waals surface area contributed by atoms with Gasteiger partial charge in [0.2, 0.25) is 5.78 Å². The van der Waals surface area contributed by atoms with Crippen LogP contribution in [0.3, 0.4) is 0 Å². The molecule has 1 rings (SSSR count). The molecule has 0 atom stereocenters. The van der Waals surface area contributed by atoms with Gasteiger partial charge in [-0.1, -0.05) is 6.58 Å². The zero-order valence-corrected chi connectivity index (χ0v) is 6.11. The van der Waals surface area contributed by atoms with Crippen LogP contribution in [0.1, 0.15) is 10.6 Å². The van der Waals surface area contributed by atoms with Crippen molar-refractivity contribution in [2.24, 2.45) is 0 Å². The Labute approximate surface area is 68.1 Å². The fraction of sp³-hybridized carbons (Fsp3) is 0. The molecule has 12 heavy (non-hydrogen) atoms. The summed E-state index contributed by atoms with van der Waals surface area (Å²) in [6.45, 7) is 3.10. The summed E-state index contributed by atoms with van der Waals surface area (Å²) in [5.41, 5.74) is -0.495. The molecule has 0 bridgehead atoms. The number of carboxylic acid groups (broad SMARTS) is 1. The highest BCUT2D eigenvalue weighted by Crippen LogP contribution is 2.07. The second-order valence-corrected chi connectivity index (χ2v) is 2.09. The summed E-state index contributed by atoms with van der Waals surface area (Å²) in [6.07, 6.45) is 1.29. The Kier molecular flexibility index (Phi) is 2.09. The van der Waals surface area contributed by atoms with Gasteiger partial charge in [0.05, 0.1) is 6.26 Å². The van der Waals surface area contributed by atoms with Crippen LogP contribution in [-0.4, -0.2) is 16.9 Å². The Balaban J connectivity index is 2.87. The lowest BCUT2D eigenvalue weighted by Gasteiger charge is -1.93. The number of aliphatic carboxylic acids is 1. The molecule has 0 aliphatic carbocycles. The third-order valence-corrected chi connectivity index (χ3v) is 1.28. The summed E-state index contributed by atoms with van der Waals surface area (Å²) in [4.78, 5) is 21.3. The van der Waals surface area contributed by atoms with Gasteiger partial charge in [-0.3, -0.25) is 4.79 Å². The van der Waals surface area contributed by atoms with Crippen LogP contribution in [0.25, 0.3) is 0 Å². The topological polar surface area (TPSA) is 67.5 Å². The lowest BCUT2D eigenvalue weighted by Crippen LogP contribution is -2.10. The summed E-state index contributed by atoms with van der Waals surface area (Å²) in [6, 6.07) is 2.89. The zero-order chi connectivity index (χ0) is 9.14. The minimum absolute atomic E-state index is 0.0117. The monoisotopic (exact) mass is 166 g/mol. The first-order chi connectivity index (χ1) is 5.63. The molecule has 4 nitrogen and oxygen atoms in total. The molecule has 0 fully saturated rings. The summed E-state index contributed by atoms with van der Waals surface area (Å²) in [5.74, 6) is -2.05. The van der Waals surface area contributed by atoms with E-state index in [1.165, 1.54) is 18.4 Å². The fourth-order valence-electron chi connectivity index (χ4n) is 0.654. The van der Waals surface area contributed by atoms with Crippen molar-refractivity contribution in [2.75, 3.05) is 0 Å². The number of carboxylic acids is 1. The molecule has 0 saturated heterocycles. The van der Waals surface area contributed by atoms with E-state index in [1.807, 2.05) is 0 Å². The van der Waals surface area contributed by atoms with E-state index in [2.05, 4.69) is 6.58 Å². The summed E-state index contributed by atoms with van der Waals surface area (Å²) < 4.78 is 4.69. The maximum absolute atomic E-state index is 11.1. The molecule has 0 spiro atoms. The van der Waals surface area contributed by atoms with Gasteiger partial charge in [0, 0.05) is 0 Å². The second-order valence-electron chi connectivity index (χ2n) is 2.09. The van der Waals surface area contributed by atoms with Crippen LogP contribution in [0.4, 0.5) is 0 Å². The third-order valence-electron chi connectivity index (χ3n) is 1.28. The van der Waals surface area contributed by atoms with Gasteiger partial charge in [-0.25, -0.2) is 4.79 Å². The molecular weight excluding hydrogens is 160 g/mol. The molecule has 0 aromatic carbocycles. The molecular formula is C8H6O4. The first-order valence-electron chi connectivity index (χ1n) is 3.13. The lowest BCUT2D eigenvalue weighted by atomic mass is 10.1. The fourth-order valence-corrected chi connectivity index (χ4v) is 0.654. The van der Waals surface area contributed by atoms with Crippen LogP contribution < -0.4 is 0 Å². The number of ketones is 1. The Morgan fingerprint density at radius 1 is 1.50 bits per heavy atom. The molecule has 1 heterocycles. The molecule has 1 N–H and O–H groups in total. The van der Waals surface area contributed by atoms with E-state index in [-0.39, 0.29) is 5.76 Å². The van der Waals surface area contributed by atoms with E-state index in [0.717, 1.165) is 0 Å². The third kappa shape index (κ3) is 1.42. The number of rotatable bonds is 3. The Hall–Kier alpha value is -1.84. The molecule has 0 aliphatic rings. The van der Waals surface area contributed by atoms with Crippen LogP contribution in [0, 0.1) is 0 Å². The molecule has 0 radical (unpaired) electrons. The highest BCUT2D eigenvalue weighted by atomic mass is 16.4. The van der Waals surface area contributed by atoms with Crippen LogP contribution in [-0.2, 0) is 4.79 Å². The molecule has 0 aliphatic heterocycles. The normalized spacial score (nSPS) is 9.33. The predicted octanol–water partition coefficient (Wildman–Crippen LogP) is 1.10. The molecule has 0 unspecified atom stereocenters. The van der Waals surface area contributed by atoms with Crippen molar-refractivity contribution in [3.63, 3.8) is 0 Å². The Morgan fingerprint density at radius 2 is 2.17 bits per heavy atom. The quantitative estimate of drug-likeness (QED) is 0.316. The summed E-state index contributed by atoms with van der Waals surface area (Å²) in [5, 5.41) is 8.39. The van der Waals surface area contributed by atoms with Crippen molar-refractivity contribution in [3.05, 3.63) is 36.3 Å². The van der Waals surface area contributed by atoms with Gasteiger partial charge in [-0.15, -0.1) is 0 Å². The van der Waals surface area contributed by atoms with Gasteiger partial charge in [0.1, 0.15) is 5.57 Å². The molecule has 0 amide bonds. The molecule has 62 valence electrons. The maximum atomic E-state index is 11.1. The van der Waals surface area contributed by atoms with Gasteiger partial charge >= 0.3 is 5.97 Å². The SMILES string of the molecule is C=C(C(=O)O)C(=O)c1ccco1. The molecule has 4 heteroatoms. The van der Waals surface area contributed by atoms with E-state index < -0.39 is 17.3 Å². The highest BCUT2D eigenvalue weighted by molar-refractivity contribution is 6.22. The summed E-state index contributed by atoms with van der Waals surface area (Å²) in [7, 11) is 0. The van der Waals surface area contributed by atoms with Crippen molar-refractivity contribution >= 4 is 11.8 Å². The van der Waals surface area contributed by atoms with Crippen LogP contribution in [0.5, 0.6) is 0 Å². The number of Topliss-reactive ketones (excluding diaryl/α,β-unsaturated/α-hetero) is 1. The van der Waals surface area contributed by atoms with E-state index in [1.54, 1.807) is 0 Å². The van der Waals surface area contributed by atoms with Crippen molar-refractivity contribution in [1.82, 2.24) is 0 Å². The maximum Gasteiger partial charge on any atom is 0.339 e. The van der Waals surface area contributed by atoms with Crippen molar-refractivity contribution in [2.45, 2.75) is 0 Å². The minimum Gasteiger partial charge on any atom is -0.478 e. The van der Waals surface area contributed by atoms with Gasteiger partial charge in [0.25, 0.3) is 0 Å². The second kappa shape index (κ2) is 3.04. The molecule has 1 aromatic heterocycles. The van der Waals surface area contributed by atoms with Crippen LogP contribution in [0.15, 0.2) is 35.0 Å². The number of carbonyl (C=O) groups excluding carboxylic acids is 1. The average molecular weight is 166 g/mol. The summed E-state index contributed by atoms with van der Waals surface area (Å²) >= 11 is 0. The van der Waals surface area contributed by atoms with Crippen LogP contribution in [0.2, 0.25) is 0 Å². The molecule has 1 aromatic rings. The highest BCUT2D eigenvalue weighted by Gasteiger charge is 2.18. The average Bonchev–Trinajstić information content (AvgIpc) is 2.53. The number of hydrogen-bond acceptors (Lipinski definition) is 3. The first-order valence-corrected chi connectivity index (χ1v) is 3.13. The standard InChI is InChI=1S/C8H6O4/c1-5(8(10)11)7(9)6-3-2-4-12-6/h2-4H,1H2,(H,10,11). The van der Waals surface area contributed by atoms with Crippen molar-refractivity contribution in [1.29, 1.82) is 0 Å². The predicted molar refractivity (Wildman–Crippen MR) is 39.8 cm³/mol. The first kappa shape index (κ1) is 8.26. The lowest BCUT2D eigenvalue weighted by molar-refractivity contribution is -0.132. The molecule has 0 saturated carbocycles. The van der Waals surface area contributed by atoms with E-state index in [0.29, 0.717) is 0 Å². The van der Waals surface area contributed by atoms with Gasteiger partial charge in [0.15, 0.2) is 5.76 Å². The van der Waals surface area contributed by atoms with Gasteiger partial charge in [-0.2, -0.15) is 0 Å². The Bertz CT molecular complexity index is 321. The van der Waals surface area contributed by atoms with Gasteiger partial charge < -0.3 is 9.52 Å². The smallest absolute Gasteiger partial charge is 0.339 e. The number of hydrogen-bond donors (Lipinski definition) is 1. The number of furan rings is 1. The van der Waals surface area contributed by atoms with Crippen molar-refractivity contribution in [3.8, 4) is 0 Å². The zero-order valence-electron chi connectivity index (χ0n) is 6.11. The number of carbonyl (C=O) groups is 2. The minimum atomic E-state index is -1.34. The van der Waals surface area contributed by atoms with E-state index in [4.69, 9.17) is 9.52 Å². The van der Waals surface area contributed by atoms with Crippen LogP contribution >= 0.6 is 0 Å². The van der Waals surface area contributed by atoms with Crippen molar-refractivity contribution < 1.29 is 19.1 Å². The largest absolute Gasteiger partial charge is 0.478 e. The van der Waals surface area contributed by atoms with E-state index >= 15 is 0 Å². The van der Waals surface area contributed by atoms with E-state index in [9.17, 15) is 9.59 Å². The Morgan fingerprint density at radius 3 is 2.58 bits per heavy atom.